The van der Waals surface area contributed by atoms with E-state index in [1.165, 1.54) is 18.2 Å². The monoisotopic (exact) mass is 327 g/mol. The average Bonchev–Trinajstić information content (AvgIpc) is 2.47. The van der Waals surface area contributed by atoms with Crippen LogP contribution in [0.4, 0.5) is 15.8 Å². The Morgan fingerprint density at radius 3 is 2.57 bits per heavy atom. The van der Waals surface area contributed by atoms with Gasteiger partial charge in [-0.2, -0.15) is 0 Å². The highest BCUT2D eigenvalue weighted by molar-refractivity contribution is 6.40. The number of aryl methyl sites for hydroxylation is 1. The Kier molecular flexibility index (Phi) is 4.67. The number of rotatable bonds is 3. The number of hydrazine groups is 1. The minimum atomic E-state index is -0.633. The lowest BCUT2D eigenvalue weighted by atomic mass is 10.1. The van der Waals surface area contributed by atoms with E-state index in [9.17, 15) is 9.18 Å². The number of benzene rings is 2. The third-order valence-corrected chi connectivity index (χ3v) is 3.73. The number of nitrogens with one attached hydrogen (secondary N) is 2. The number of para-hydroxylation sites is 1. The summed E-state index contributed by atoms with van der Waals surface area (Å²) in [5.74, 6) is 4.04. The summed E-state index contributed by atoms with van der Waals surface area (Å²) in [7, 11) is 0. The summed E-state index contributed by atoms with van der Waals surface area (Å²) < 4.78 is 13.6. The van der Waals surface area contributed by atoms with Gasteiger partial charge in [0.05, 0.1) is 27.0 Å². The molecule has 0 bridgehead atoms. The van der Waals surface area contributed by atoms with Gasteiger partial charge in [-0.25, -0.2) is 4.39 Å². The molecule has 0 atom stereocenters. The maximum Gasteiger partial charge on any atom is 0.258 e. The van der Waals surface area contributed by atoms with Gasteiger partial charge in [-0.05, 0) is 30.7 Å². The van der Waals surface area contributed by atoms with Crippen molar-refractivity contribution in [2.45, 2.75) is 6.92 Å². The molecule has 7 heteroatoms. The number of hydrogen-bond acceptors (Lipinski definition) is 3. The molecule has 0 spiro atoms. The van der Waals surface area contributed by atoms with Crippen molar-refractivity contribution in [1.29, 1.82) is 0 Å². The Labute approximate surface area is 131 Å². The predicted molar refractivity (Wildman–Crippen MR) is 83.4 cm³/mol. The fraction of sp³-hybridized carbons (Fsp3) is 0.0714. The number of carbonyl (C=O) groups excluding carboxylic acids is 1. The standard InChI is InChI=1S/C14H12Cl2FN3O/c1-7-5-6-9(15)13(11(7)16)19-14(21)8-3-2-4-10(17)12(8)20-18/h2-6,20H,18H2,1H3,(H,19,21). The van der Waals surface area contributed by atoms with Crippen LogP contribution in [-0.2, 0) is 0 Å². The summed E-state index contributed by atoms with van der Waals surface area (Å²) in [5.41, 5.74) is 3.15. The summed E-state index contributed by atoms with van der Waals surface area (Å²) >= 11 is 12.1. The van der Waals surface area contributed by atoms with E-state index >= 15 is 0 Å². The molecule has 1 amide bonds. The van der Waals surface area contributed by atoms with Crippen LogP contribution < -0.4 is 16.6 Å². The van der Waals surface area contributed by atoms with Crippen molar-refractivity contribution in [2.24, 2.45) is 5.84 Å². The Hall–Kier alpha value is -1.82. The number of anilines is 2. The van der Waals surface area contributed by atoms with Crippen LogP contribution in [0.15, 0.2) is 30.3 Å². The van der Waals surface area contributed by atoms with E-state index in [0.717, 1.165) is 5.56 Å². The molecule has 21 heavy (non-hydrogen) atoms. The molecule has 0 aliphatic heterocycles. The van der Waals surface area contributed by atoms with E-state index < -0.39 is 11.7 Å². The van der Waals surface area contributed by atoms with Gasteiger partial charge in [-0.1, -0.05) is 35.3 Å². The van der Waals surface area contributed by atoms with Crippen molar-refractivity contribution >= 4 is 40.5 Å². The Balaban J connectivity index is 2.40. The Bertz CT molecular complexity index is 707. The molecule has 0 saturated heterocycles. The second-order valence-electron chi connectivity index (χ2n) is 4.31. The molecule has 0 saturated carbocycles. The van der Waals surface area contributed by atoms with Crippen molar-refractivity contribution in [3.05, 3.63) is 57.3 Å². The van der Waals surface area contributed by atoms with Gasteiger partial charge in [0.15, 0.2) is 0 Å². The van der Waals surface area contributed by atoms with E-state index in [-0.39, 0.29) is 22.0 Å². The van der Waals surface area contributed by atoms with Gasteiger partial charge < -0.3 is 10.7 Å². The Morgan fingerprint density at radius 1 is 1.19 bits per heavy atom. The summed E-state index contributed by atoms with van der Waals surface area (Å²) in [6.45, 7) is 1.78. The number of nitrogens with two attached hydrogens (primary N) is 1. The molecule has 0 fully saturated rings. The van der Waals surface area contributed by atoms with Gasteiger partial charge in [-0.15, -0.1) is 0 Å². The lowest BCUT2D eigenvalue weighted by Gasteiger charge is -2.13. The fourth-order valence-electron chi connectivity index (χ4n) is 1.81. The van der Waals surface area contributed by atoms with Crippen LogP contribution in [0.2, 0.25) is 10.0 Å². The Morgan fingerprint density at radius 2 is 1.90 bits per heavy atom. The molecule has 0 aliphatic rings. The zero-order chi connectivity index (χ0) is 15.6. The fourth-order valence-corrected chi connectivity index (χ4v) is 2.28. The normalized spacial score (nSPS) is 10.3. The SMILES string of the molecule is Cc1ccc(Cl)c(NC(=O)c2cccc(F)c2NN)c1Cl. The van der Waals surface area contributed by atoms with Crippen LogP contribution in [0.25, 0.3) is 0 Å². The van der Waals surface area contributed by atoms with E-state index in [0.29, 0.717) is 5.02 Å². The van der Waals surface area contributed by atoms with E-state index in [1.54, 1.807) is 19.1 Å². The zero-order valence-electron chi connectivity index (χ0n) is 11.0. The van der Waals surface area contributed by atoms with Gasteiger partial charge in [0.25, 0.3) is 5.91 Å². The molecular weight excluding hydrogens is 316 g/mol. The van der Waals surface area contributed by atoms with Crippen molar-refractivity contribution in [3.8, 4) is 0 Å². The number of carbonyl (C=O) groups is 1. The molecular formula is C14H12Cl2FN3O. The van der Waals surface area contributed by atoms with Gasteiger partial charge in [0.2, 0.25) is 0 Å². The van der Waals surface area contributed by atoms with E-state index in [4.69, 9.17) is 29.0 Å². The van der Waals surface area contributed by atoms with Crippen molar-refractivity contribution in [3.63, 3.8) is 0 Å². The highest BCUT2D eigenvalue weighted by Crippen LogP contribution is 2.33. The average molecular weight is 328 g/mol. The molecule has 2 aromatic rings. The van der Waals surface area contributed by atoms with Gasteiger partial charge in [0, 0.05) is 0 Å². The highest BCUT2D eigenvalue weighted by atomic mass is 35.5. The van der Waals surface area contributed by atoms with Crippen molar-refractivity contribution in [2.75, 3.05) is 10.7 Å². The zero-order valence-corrected chi connectivity index (χ0v) is 12.5. The molecule has 2 aromatic carbocycles. The first-order chi connectivity index (χ1) is 9.95. The third-order valence-electron chi connectivity index (χ3n) is 2.93. The number of halogens is 3. The van der Waals surface area contributed by atoms with Crippen LogP contribution >= 0.6 is 23.2 Å². The minimum Gasteiger partial charge on any atom is -0.321 e. The summed E-state index contributed by atoms with van der Waals surface area (Å²) in [6, 6.07) is 7.38. The smallest absolute Gasteiger partial charge is 0.258 e. The third kappa shape index (κ3) is 3.10. The first-order valence-corrected chi connectivity index (χ1v) is 6.72. The molecule has 0 aliphatic carbocycles. The summed E-state index contributed by atoms with van der Waals surface area (Å²) in [5, 5.41) is 3.19. The molecule has 0 radical (unpaired) electrons. The maximum atomic E-state index is 13.6. The highest BCUT2D eigenvalue weighted by Gasteiger charge is 2.17. The molecule has 0 unspecified atom stereocenters. The number of amides is 1. The van der Waals surface area contributed by atoms with E-state index in [1.807, 2.05) is 0 Å². The molecule has 0 aromatic heterocycles. The lowest BCUT2D eigenvalue weighted by Crippen LogP contribution is -2.18. The van der Waals surface area contributed by atoms with Crippen LogP contribution in [0, 0.1) is 12.7 Å². The molecule has 4 N–H and O–H groups in total. The first-order valence-electron chi connectivity index (χ1n) is 5.96. The van der Waals surface area contributed by atoms with Crippen LogP contribution in [0.1, 0.15) is 15.9 Å². The first kappa shape index (κ1) is 15.6. The molecule has 0 heterocycles. The number of nitrogen functional groups attached to an aromatic ring is 1. The molecule has 2 rings (SSSR count). The topological polar surface area (TPSA) is 67.2 Å². The second kappa shape index (κ2) is 6.30. The van der Waals surface area contributed by atoms with Crippen molar-refractivity contribution in [1.82, 2.24) is 0 Å². The quantitative estimate of drug-likeness (QED) is 0.590. The largest absolute Gasteiger partial charge is 0.321 e. The van der Waals surface area contributed by atoms with Crippen molar-refractivity contribution < 1.29 is 9.18 Å². The van der Waals surface area contributed by atoms with Gasteiger partial charge >= 0.3 is 0 Å². The molecule has 110 valence electrons. The minimum absolute atomic E-state index is 0.0474. The number of hydrogen-bond donors (Lipinski definition) is 3. The summed E-state index contributed by atoms with van der Waals surface area (Å²) in [6.07, 6.45) is 0. The molecule has 4 nitrogen and oxygen atoms in total. The van der Waals surface area contributed by atoms with Crippen LogP contribution in [0.5, 0.6) is 0 Å². The van der Waals surface area contributed by atoms with Gasteiger partial charge in [0.1, 0.15) is 5.82 Å². The predicted octanol–water partition coefficient (Wildman–Crippen LogP) is 3.98. The van der Waals surface area contributed by atoms with E-state index in [2.05, 4.69) is 10.7 Å². The lowest BCUT2D eigenvalue weighted by molar-refractivity contribution is 0.102. The van der Waals surface area contributed by atoms with Crippen LogP contribution in [-0.4, -0.2) is 5.91 Å². The maximum absolute atomic E-state index is 13.6. The second-order valence-corrected chi connectivity index (χ2v) is 5.10. The summed E-state index contributed by atoms with van der Waals surface area (Å²) in [4.78, 5) is 12.3. The van der Waals surface area contributed by atoms with Gasteiger partial charge in [-0.3, -0.25) is 10.6 Å². The van der Waals surface area contributed by atoms with Crippen LogP contribution in [0.3, 0.4) is 0 Å².